The summed E-state index contributed by atoms with van der Waals surface area (Å²) in [5.74, 6) is -0.416. The molecule has 1 amide bonds. The van der Waals surface area contributed by atoms with E-state index in [4.69, 9.17) is 0 Å². The van der Waals surface area contributed by atoms with Crippen molar-refractivity contribution in [1.29, 1.82) is 0 Å². The largest absolute Gasteiger partial charge is 0.406 e. The fourth-order valence-electron chi connectivity index (χ4n) is 2.64. The number of halogens is 4. The number of piperidine rings is 1. The lowest BCUT2D eigenvalue weighted by atomic mass is 10.1. The Labute approximate surface area is 136 Å². The Hall–Kier alpha value is -0.530. The van der Waals surface area contributed by atoms with Gasteiger partial charge in [0.1, 0.15) is 6.54 Å². The zero-order chi connectivity index (χ0) is 16.0. The van der Waals surface area contributed by atoms with Crippen LogP contribution in [0.5, 0.6) is 0 Å². The molecule has 4 nitrogen and oxygen atoms in total. The van der Waals surface area contributed by atoms with Crippen molar-refractivity contribution in [2.45, 2.75) is 38.9 Å². The van der Waals surface area contributed by atoms with E-state index in [1.807, 2.05) is 25.8 Å². The molecule has 0 aromatic carbocycles. The van der Waals surface area contributed by atoms with E-state index in [1.165, 1.54) is 0 Å². The van der Waals surface area contributed by atoms with Crippen LogP contribution >= 0.6 is 12.4 Å². The van der Waals surface area contributed by atoms with Gasteiger partial charge in [-0.05, 0) is 32.4 Å². The zero-order valence-corrected chi connectivity index (χ0v) is 14.3. The Morgan fingerprint density at radius 1 is 1.41 bits per heavy atom. The smallest absolute Gasteiger partial charge is 0.332 e. The molecule has 8 heteroatoms. The van der Waals surface area contributed by atoms with E-state index in [0.717, 1.165) is 24.3 Å². The molecule has 0 aromatic rings. The van der Waals surface area contributed by atoms with E-state index < -0.39 is 18.6 Å². The third kappa shape index (κ3) is 8.19. The van der Waals surface area contributed by atoms with Crippen molar-refractivity contribution in [3.05, 3.63) is 0 Å². The maximum absolute atomic E-state index is 12.6. The molecule has 1 unspecified atom stereocenters. The SMILES string of the molecule is CNC1CCCN(CC(=O)N(CC(C)C)CC(F)(F)F)C1.Cl. The van der Waals surface area contributed by atoms with Crippen LogP contribution in [0.25, 0.3) is 0 Å². The second kappa shape index (κ2) is 9.57. The highest BCUT2D eigenvalue weighted by Gasteiger charge is 2.34. The minimum absolute atomic E-state index is 0. The maximum atomic E-state index is 12.6. The molecule has 0 bridgehead atoms. The van der Waals surface area contributed by atoms with Crippen LogP contribution in [0, 0.1) is 5.92 Å². The van der Waals surface area contributed by atoms with E-state index in [-0.39, 0.29) is 31.4 Å². The van der Waals surface area contributed by atoms with E-state index in [0.29, 0.717) is 12.6 Å². The number of likely N-dealkylation sites (N-methyl/N-ethyl adjacent to an activating group) is 1. The lowest BCUT2D eigenvalue weighted by Crippen LogP contribution is -2.50. The summed E-state index contributed by atoms with van der Waals surface area (Å²) < 4.78 is 37.8. The van der Waals surface area contributed by atoms with Crippen LogP contribution in [0.4, 0.5) is 13.2 Å². The van der Waals surface area contributed by atoms with Crippen LogP contribution in [-0.2, 0) is 4.79 Å². The third-order valence-electron chi connectivity index (χ3n) is 3.58. The molecular weight excluding hydrogens is 319 g/mol. The van der Waals surface area contributed by atoms with E-state index in [9.17, 15) is 18.0 Å². The quantitative estimate of drug-likeness (QED) is 0.801. The highest BCUT2D eigenvalue weighted by molar-refractivity contribution is 5.85. The number of nitrogens with zero attached hydrogens (tertiary/aromatic N) is 2. The van der Waals surface area contributed by atoms with Crippen molar-refractivity contribution >= 4 is 18.3 Å². The summed E-state index contributed by atoms with van der Waals surface area (Å²) in [6, 6.07) is 0.313. The topological polar surface area (TPSA) is 35.6 Å². The van der Waals surface area contributed by atoms with E-state index in [1.54, 1.807) is 0 Å². The summed E-state index contributed by atoms with van der Waals surface area (Å²) >= 11 is 0. The molecule has 1 atom stereocenters. The summed E-state index contributed by atoms with van der Waals surface area (Å²) in [6.45, 7) is 4.16. The van der Waals surface area contributed by atoms with Crippen LogP contribution in [0.1, 0.15) is 26.7 Å². The number of rotatable bonds is 6. The van der Waals surface area contributed by atoms with Gasteiger partial charge in [0.2, 0.25) is 5.91 Å². The van der Waals surface area contributed by atoms with Gasteiger partial charge in [-0.25, -0.2) is 0 Å². The van der Waals surface area contributed by atoms with Gasteiger partial charge in [-0.1, -0.05) is 13.8 Å². The monoisotopic (exact) mass is 345 g/mol. The van der Waals surface area contributed by atoms with Gasteiger partial charge in [0, 0.05) is 19.1 Å². The second-order valence-electron chi connectivity index (χ2n) is 6.15. The van der Waals surface area contributed by atoms with Crippen LogP contribution in [0.2, 0.25) is 0 Å². The minimum atomic E-state index is -4.35. The van der Waals surface area contributed by atoms with Crippen molar-refractivity contribution in [2.75, 3.05) is 39.8 Å². The molecule has 0 radical (unpaired) electrons. The van der Waals surface area contributed by atoms with Gasteiger partial charge in [-0.15, -0.1) is 12.4 Å². The molecule has 1 N–H and O–H groups in total. The average Bonchev–Trinajstić information content (AvgIpc) is 2.36. The number of likely N-dealkylation sites (tertiary alicyclic amines) is 1. The summed E-state index contributed by atoms with van der Waals surface area (Å²) in [5, 5.41) is 3.16. The Morgan fingerprint density at radius 3 is 2.55 bits per heavy atom. The van der Waals surface area contributed by atoms with Gasteiger partial charge < -0.3 is 10.2 Å². The van der Waals surface area contributed by atoms with Crippen LogP contribution in [-0.4, -0.2) is 67.7 Å². The molecule has 0 spiro atoms. The van der Waals surface area contributed by atoms with Crippen molar-refractivity contribution in [3.63, 3.8) is 0 Å². The fraction of sp³-hybridized carbons (Fsp3) is 0.929. The number of alkyl halides is 3. The van der Waals surface area contributed by atoms with Gasteiger partial charge in [-0.2, -0.15) is 13.2 Å². The summed E-state index contributed by atoms with van der Waals surface area (Å²) in [5.41, 5.74) is 0. The van der Waals surface area contributed by atoms with Crippen molar-refractivity contribution in [2.24, 2.45) is 5.92 Å². The first-order valence-corrected chi connectivity index (χ1v) is 7.45. The molecule has 1 aliphatic heterocycles. The average molecular weight is 346 g/mol. The number of nitrogens with one attached hydrogen (secondary N) is 1. The molecule has 1 saturated heterocycles. The number of hydrogen-bond acceptors (Lipinski definition) is 3. The number of amides is 1. The van der Waals surface area contributed by atoms with E-state index >= 15 is 0 Å². The second-order valence-corrected chi connectivity index (χ2v) is 6.15. The molecule has 0 saturated carbocycles. The molecule has 132 valence electrons. The normalized spacial score (nSPS) is 19.9. The fourth-order valence-corrected chi connectivity index (χ4v) is 2.64. The van der Waals surface area contributed by atoms with Crippen LogP contribution in [0.15, 0.2) is 0 Å². The molecule has 22 heavy (non-hydrogen) atoms. The molecule has 0 aliphatic carbocycles. The first-order valence-electron chi connectivity index (χ1n) is 7.45. The number of hydrogen-bond donors (Lipinski definition) is 1. The Balaban J connectivity index is 0.00000441. The molecule has 1 aliphatic rings. The minimum Gasteiger partial charge on any atom is -0.332 e. The van der Waals surface area contributed by atoms with Gasteiger partial charge in [0.25, 0.3) is 0 Å². The van der Waals surface area contributed by atoms with Crippen molar-refractivity contribution in [1.82, 2.24) is 15.1 Å². The molecule has 1 fully saturated rings. The lowest BCUT2D eigenvalue weighted by Gasteiger charge is -2.34. The van der Waals surface area contributed by atoms with E-state index in [2.05, 4.69) is 5.32 Å². The molecular formula is C14H27ClF3N3O. The highest BCUT2D eigenvalue weighted by Crippen LogP contribution is 2.18. The van der Waals surface area contributed by atoms with Gasteiger partial charge in [-0.3, -0.25) is 9.69 Å². The first-order chi connectivity index (χ1) is 9.71. The number of carbonyl (C=O) groups is 1. The Kier molecular flexibility index (Phi) is 9.34. The predicted molar refractivity (Wildman–Crippen MR) is 83.2 cm³/mol. The maximum Gasteiger partial charge on any atom is 0.406 e. The van der Waals surface area contributed by atoms with Crippen molar-refractivity contribution in [3.8, 4) is 0 Å². The molecule has 0 aromatic heterocycles. The standard InChI is InChI=1S/C14H26F3N3O.ClH/c1-11(2)7-20(10-14(15,16)17)13(21)9-19-6-4-5-12(8-19)18-3;/h11-12,18H,4-10H2,1-3H3;1H. The zero-order valence-electron chi connectivity index (χ0n) is 13.4. The molecule has 1 heterocycles. The third-order valence-corrected chi connectivity index (χ3v) is 3.58. The lowest BCUT2D eigenvalue weighted by molar-refractivity contribution is -0.163. The highest BCUT2D eigenvalue weighted by atomic mass is 35.5. The van der Waals surface area contributed by atoms with Gasteiger partial charge in [0.05, 0.1) is 6.54 Å². The van der Waals surface area contributed by atoms with Gasteiger partial charge >= 0.3 is 6.18 Å². The molecule has 1 rings (SSSR count). The summed E-state index contributed by atoms with van der Waals surface area (Å²) in [7, 11) is 1.87. The summed E-state index contributed by atoms with van der Waals surface area (Å²) in [4.78, 5) is 15.1. The predicted octanol–water partition coefficient (Wildman–Crippen LogP) is 2.14. The van der Waals surface area contributed by atoms with Crippen molar-refractivity contribution < 1.29 is 18.0 Å². The van der Waals surface area contributed by atoms with Crippen LogP contribution in [0.3, 0.4) is 0 Å². The first kappa shape index (κ1) is 21.5. The Morgan fingerprint density at radius 2 is 2.05 bits per heavy atom. The Bertz CT molecular complexity index is 340. The van der Waals surface area contributed by atoms with Gasteiger partial charge in [0.15, 0.2) is 0 Å². The van der Waals surface area contributed by atoms with Crippen LogP contribution < -0.4 is 5.32 Å². The summed E-state index contributed by atoms with van der Waals surface area (Å²) in [6.07, 6.45) is -2.35. The number of carbonyl (C=O) groups excluding carboxylic acids is 1.